The lowest BCUT2D eigenvalue weighted by Gasteiger charge is -2.21. The third-order valence-electron chi connectivity index (χ3n) is 2.63. The Balaban J connectivity index is 2.98. The lowest BCUT2D eigenvalue weighted by atomic mass is 10.1. The summed E-state index contributed by atoms with van der Waals surface area (Å²) in [5.41, 5.74) is 10.8. The number of primary amides is 1. The van der Waals surface area contributed by atoms with Crippen molar-refractivity contribution in [2.24, 2.45) is 5.73 Å². The number of carbonyl (C=O) groups excluding carboxylic acids is 2. The Morgan fingerprint density at radius 3 is 2.50 bits per heavy atom. The van der Waals surface area contributed by atoms with Gasteiger partial charge >= 0.3 is 0 Å². The van der Waals surface area contributed by atoms with E-state index in [4.69, 9.17) is 11.5 Å². The van der Waals surface area contributed by atoms with E-state index in [0.29, 0.717) is 0 Å². The molecule has 110 valence electrons. The fourth-order valence-electron chi connectivity index (χ4n) is 1.75. The van der Waals surface area contributed by atoms with Crippen LogP contribution in [0.1, 0.15) is 24.2 Å². The third-order valence-corrected chi connectivity index (χ3v) is 2.63. The van der Waals surface area contributed by atoms with Crippen LogP contribution in [-0.4, -0.2) is 31.4 Å². The predicted molar refractivity (Wildman–Crippen MR) is 75.9 cm³/mol. The van der Waals surface area contributed by atoms with Gasteiger partial charge in [-0.1, -0.05) is 0 Å². The minimum Gasteiger partial charge on any atom is -0.398 e. The molecule has 0 aromatic heterocycles. The number of anilines is 2. The first kappa shape index (κ1) is 15.7. The molecule has 0 heterocycles. The summed E-state index contributed by atoms with van der Waals surface area (Å²) < 4.78 is 13.9. The average Bonchev–Trinajstić information content (AvgIpc) is 2.26. The Morgan fingerprint density at radius 2 is 2.00 bits per heavy atom. The van der Waals surface area contributed by atoms with E-state index in [1.54, 1.807) is 7.05 Å². The van der Waals surface area contributed by atoms with Crippen LogP contribution in [0.15, 0.2) is 12.1 Å². The van der Waals surface area contributed by atoms with E-state index in [1.807, 2.05) is 13.8 Å². The highest BCUT2D eigenvalue weighted by atomic mass is 19.1. The number of hydrogen-bond acceptors (Lipinski definition) is 4. The summed E-state index contributed by atoms with van der Waals surface area (Å²) in [6, 6.07) is 2.26. The summed E-state index contributed by atoms with van der Waals surface area (Å²) in [6.45, 7) is 3.61. The van der Waals surface area contributed by atoms with Gasteiger partial charge in [0.05, 0.1) is 17.8 Å². The molecule has 6 nitrogen and oxygen atoms in total. The minimum atomic E-state index is -0.746. The van der Waals surface area contributed by atoms with Crippen molar-refractivity contribution < 1.29 is 14.0 Å². The number of halogens is 1. The molecule has 0 spiro atoms. The van der Waals surface area contributed by atoms with Crippen LogP contribution in [0.3, 0.4) is 0 Å². The molecule has 7 heteroatoms. The quantitative estimate of drug-likeness (QED) is 0.683. The van der Waals surface area contributed by atoms with E-state index in [-0.39, 0.29) is 35.4 Å². The summed E-state index contributed by atoms with van der Waals surface area (Å²) in [5.74, 6) is -1.62. The van der Waals surface area contributed by atoms with Crippen LogP contribution in [0.4, 0.5) is 15.8 Å². The number of nitrogens with two attached hydrogens (primary N) is 2. The largest absolute Gasteiger partial charge is 0.398 e. The van der Waals surface area contributed by atoms with Gasteiger partial charge in [0.2, 0.25) is 5.91 Å². The van der Waals surface area contributed by atoms with Crippen LogP contribution in [0, 0.1) is 5.82 Å². The van der Waals surface area contributed by atoms with Gasteiger partial charge < -0.3 is 21.7 Å². The molecule has 0 unspecified atom stereocenters. The maximum atomic E-state index is 13.9. The van der Waals surface area contributed by atoms with E-state index in [2.05, 4.69) is 5.32 Å². The summed E-state index contributed by atoms with van der Waals surface area (Å²) in [5, 5.41) is 2.69. The van der Waals surface area contributed by atoms with Crippen molar-refractivity contribution in [1.29, 1.82) is 0 Å². The van der Waals surface area contributed by atoms with E-state index >= 15 is 0 Å². The summed E-state index contributed by atoms with van der Waals surface area (Å²) in [6.07, 6.45) is 0. The lowest BCUT2D eigenvalue weighted by molar-refractivity contribution is -0.120. The van der Waals surface area contributed by atoms with E-state index < -0.39 is 11.7 Å². The first-order valence-corrected chi connectivity index (χ1v) is 6.11. The molecular formula is C13H19FN4O2. The van der Waals surface area contributed by atoms with Crippen molar-refractivity contribution >= 4 is 23.2 Å². The molecular weight excluding hydrogens is 263 g/mol. The maximum absolute atomic E-state index is 13.9. The molecule has 0 radical (unpaired) electrons. The molecule has 2 amide bonds. The summed E-state index contributed by atoms with van der Waals surface area (Å²) in [7, 11) is 1.54. The Kier molecular flexibility index (Phi) is 4.90. The molecule has 0 aliphatic heterocycles. The van der Waals surface area contributed by atoms with Gasteiger partial charge in [-0.25, -0.2) is 4.39 Å². The molecule has 1 aromatic carbocycles. The van der Waals surface area contributed by atoms with Gasteiger partial charge in [-0.15, -0.1) is 0 Å². The highest BCUT2D eigenvalue weighted by Crippen LogP contribution is 2.24. The van der Waals surface area contributed by atoms with Crippen LogP contribution in [0.25, 0.3) is 0 Å². The van der Waals surface area contributed by atoms with Gasteiger partial charge in [0.15, 0.2) is 0 Å². The summed E-state index contributed by atoms with van der Waals surface area (Å²) in [4.78, 5) is 24.2. The zero-order valence-corrected chi connectivity index (χ0v) is 11.7. The molecule has 5 N–H and O–H groups in total. The molecule has 20 heavy (non-hydrogen) atoms. The normalized spacial score (nSPS) is 10.4. The Morgan fingerprint density at radius 1 is 1.40 bits per heavy atom. The van der Waals surface area contributed by atoms with Crippen molar-refractivity contribution in [3.63, 3.8) is 0 Å². The molecule has 0 atom stereocenters. The average molecular weight is 282 g/mol. The fraction of sp³-hybridized carbons (Fsp3) is 0.385. The number of nitrogens with zero attached hydrogens (tertiary/aromatic N) is 1. The first-order chi connectivity index (χ1) is 9.22. The molecule has 0 saturated carbocycles. The zero-order chi connectivity index (χ0) is 15.4. The Bertz CT molecular complexity index is 531. The van der Waals surface area contributed by atoms with Gasteiger partial charge in [-0.2, -0.15) is 0 Å². The van der Waals surface area contributed by atoms with Gasteiger partial charge in [-0.05, 0) is 26.0 Å². The van der Waals surface area contributed by atoms with Crippen molar-refractivity contribution in [3.8, 4) is 0 Å². The number of nitrogen functional groups attached to an aromatic ring is 1. The minimum absolute atomic E-state index is 0.00616. The van der Waals surface area contributed by atoms with Crippen molar-refractivity contribution in [2.45, 2.75) is 19.9 Å². The topological polar surface area (TPSA) is 101 Å². The van der Waals surface area contributed by atoms with E-state index in [9.17, 15) is 14.0 Å². The molecule has 1 rings (SSSR count). The second-order valence-corrected chi connectivity index (χ2v) is 4.83. The number of benzene rings is 1. The van der Waals surface area contributed by atoms with E-state index in [0.717, 1.165) is 6.07 Å². The number of nitrogens with one attached hydrogen (secondary N) is 1. The molecule has 0 aliphatic carbocycles. The highest BCUT2D eigenvalue weighted by molar-refractivity contribution is 5.99. The second kappa shape index (κ2) is 6.23. The van der Waals surface area contributed by atoms with Gasteiger partial charge in [0.25, 0.3) is 5.91 Å². The highest BCUT2D eigenvalue weighted by Gasteiger charge is 2.16. The van der Waals surface area contributed by atoms with Crippen LogP contribution in [0.2, 0.25) is 0 Å². The Labute approximate surface area is 116 Å². The van der Waals surface area contributed by atoms with E-state index in [1.165, 1.54) is 11.0 Å². The number of hydrogen-bond donors (Lipinski definition) is 3. The van der Waals surface area contributed by atoms with Gasteiger partial charge in [-0.3, -0.25) is 9.59 Å². The lowest BCUT2D eigenvalue weighted by Crippen LogP contribution is -2.39. The van der Waals surface area contributed by atoms with Gasteiger partial charge in [0, 0.05) is 18.8 Å². The number of likely N-dealkylation sites (N-methyl/N-ethyl adjacent to an activating group) is 1. The van der Waals surface area contributed by atoms with Crippen LogP contribution in [0.5, 0.6) is 0 Å². The van der Waals surface area contributed by atoms with Crippen LogP contribution >= 0.6 is 0 Å². The SMILES string of the molecule is CC(C)NC(=O)CN(C)c1cc(C(N)=O)c(N)cc1F. The zero-order valence-electron chi connectivity index (χ0n) is 11.7. The third kappa shape index (κ3) is 3.84. The molecule has 1 aromatic rings. The van der Waals surface area contributed by atoms with Crippen molar-refractivity contribution in [2.75, 3.05) is 24.2 Å². The summed E-state index contributed by atoms with van der Waals surface area (Å²) >= 11 is 0. The number of rotatable bonds is 5. The maximum Gasteiger partial charge on any atom is 0.250 e. The molecule has 0 bridgehead atoms. The molecule has 0 saturated heterocycles. The van der Waals surface area contributed by atoms with Crippen LogP contribution < -0.4 is 21.7 Å². The van der Waals surface area contributed by atoms with Crippen molar-refractivity contribution in [3.05, 3.63) is 23.5 Å². The standard InChI is InChI=1S/C13H19FN4O2/c1-7(2)17-12(19)6-18(3)11-4-8(13(16)20)10(15)5-9(11)14/h4-5,7H,6,15H2,1-3H3,(H2,16,20)(H,17,19). The number of amides is 2. The van der Waals surface area contributed by atoms with Gasteiger partial charge in [0.1, 0.15) is 5.82 Å². The number of carbonyl (C=O) groups is 2. The predicted octanol–water partition coefficient (Wildman–Crippen LogP) is 0.468. The van der Waals surface area contributed by atoms with Crippen LogP contribution in [-0.2, 0) is 4.79 Å². The van der Waals surface area contributed by atoms with Crippen molar-refractivity contribution in [1.82, 2.24) is 5.32 Å². The first-order valence-electron chi connectivity index (χ1n) is 6.11. The Hall–Kier alpha value is -2.31. The molecule has 0 aliphatic rings. The smallest absolute Gasteiger partial charge is 0.250 e. The second-order valence-electron chi connectivity index (χ2n) is 4.83. The monoisotopic (exact) mass is 282 g/mol. The fourth-order valence-corrected chi connectivity index (χ4v) is 1.75. The molecule has 0 fully saturated rings.